The summed E-state index contributed by atoms with van der Waals surface area (Å²) in [7, 11) is 0. The van der Waals surface area contributed by atoms with Gasteiger partial charge in [0.25, 0.3) is 0 Å². The van der Waals surface area contributed by atoms with E-state index >= 15 is 0 Å². The summed E-state index contributed by atoms with van der Waals surface area (Å²) in [6, 6.07) is 4.52. The van der Waals surface area contributed by atoms with Gasteiger partial charge < -0.3 is 5.73 Å². The third-order valence-electron chi connectivity index (χ3n) is 3.79. The molecule has 6 heteroatoms. The number of nitrogens with two attached hydrogens (primary N) is 1. The number of hydrogen-bond acceptors (Lipinski definition) is 4. The molecule has 2 N–H and O–H groups in total. The normalized spacial score (nSPS) is 12.8. The van der Waals surface area contributed by atoms with Crippen molar-refractivity contribution < 1.29 is 4.39 Å². The zero-order valence-corrected chi connectivity index (χ0v) is 12.0. The average molecular weight is 277 g/mol. The van der Waals surface area contributed by atoms with Crippen molar-refractivity contribution in [3.05, 3.63) is 24.0 Å². The number of hydrogen-bond donors (Lipinski definition) is 1. The molecule has 0 radical (unpaired) electrons. The topological polar surface area (TPSA) is 69.6 Å². The van der Waals surface area contributed by atoms with Crippen molar-refractivity contribution in [2.45, 2.75) is 39.7 Å². The third kappa shape index (κ3) is 2.79. The molecule has 0 aliphatic rings. The van der Waals surface area contributed by atoms with Crippen LogP contribution in [-0.4, -0.2) is 20.2 Å². The van der Waals surface area contributed by atoms with E-state index in [0.717, 1.165) is 12.8 Å². The van der Waals surface area contributed by atoms with Crippen LogP contribution in [0.15, 0.2) is 18.2 Å². The van der Waals surface area contributed by atoms with E-state index in [2.05, 4.69) is 36.3 Å². The number of rotatable bonds is 5. The minimum Gasteiger partial charge on any atom is -0.399 e. The maximum Gasteiger partial charge on any atom is 0.182 e. The van der Waals surface area contributed by atoms with Gasteiger partial charge in [-0.25, -0.2) is 9.07 Å². The Labute approximate surface area is 118 Å². The smallest absolute Gasteiger partial charge is 0.182 e. The molecule has 0 saturated carbocycles. The van der Waals surface area contributed by atoms with Crippen LogP contribution in [0.4, 0.5) is 10.1 Å². The minimum absolute atomic E-state index is 0.152. The maximum atomic E-state index is 13.5. The van der Waals surface area contributed by atoms with Gasteiger partial charge in [0.1, 0.15) is 5.82 Å². The third-order valence-corrected chi connectivity index (χ3v) is 3.79. The zero-order chi connectivity index (χ0) is 14.7. The number of nitrogens with zero attached hydrogens (tertiary/aromatic N) is 4. The highest BCUT2D eigenvalue weighted by molar-refractivity contribution is 5.61. The molecule has 0 fully saturated rings. The molecule has 1 heterocycles. The highest BCUT2D eigenvalue weighted by Gasteiger charge is 2.21. The Balaban J connectivity index is 2.42. The summed E-state index contributed by atoms with van der Waals surface area (Å²) >= 11 is 0. The summed E-state index contributed by atoms with van der Waals surface area (Å²) in [6.45, 7) is 6.38. The van der Waals surface area contributed by atoms with Crippen LogP contribution < -0.4 is 5.73 Å². The second kappa shape index (κ2) is 5.98. The summed E-state index contributed by atoms with van der Waals surface area (Å²) in [5.41, 5.74) is 6.65. The molecule has 1 aromatic heterocycles. The molecule has 1 atom stereocenters. The van der Waals surface area contributed by atoms with Crippen LogP contribution in [0.5, 0.6) is 0 Å². The quantitative estimate of drug-likeness (QED) is 0.853. The predicted molar refractivity (Wildman–Crippen MR) is 76.4 cm³/mol. The molecule has 108 valence electrons. The highest BCUT2D eigenvalue weighted by Crippen LogP contribution is 2.28. The van der Waals surface area contributed by atoms with Gasteiger partial charge in [-0.1, -0.05) is 26.7 Å². The second-order valence-electron chi connectivity index (χ2n) is 5.04. The fourth-order valence-electron chi connectivity index (χ4n) is 2.57. The van der Waals surface area contributed by atoms with Gasteiger partial charge >= 0.3 is 0 Å². The SMILES string of the molecule is CCC(CC)C(C)n1nnnc1-c1cc(N)cc(F)c1. The molecule has 1 aromatic carbocycles. The van der Waals surface area contributed by atoms with Crippen molar-refractivity contribution >= 4 is 5.69 Å². The van der Waals surface area contributed by atoms with Crippen molar-refractivity contribution in [3.63, 3.8) is 0 Å². The number of anilines is 1. The van der Waals surface area contributed by atoms with E-state index < -0.39 is 0 Å². The van der Waals surface area contributed by atoms with Gasteiger partial charge in [-0.15, -0.1) is 5.10 Å². The number of nitrogen functional groups attached to an aromatic ring is 1. The van der Waals surface area contributed by atoms with Crippen LogP contribution in [0.3, 0.4) is 0 Å². The average Bonchev–Trinajstić information content (AvgIpc) is 2.88. The van der Waals surface area contributed by atoms with Gasteiger partial charge in [-0.2, -0.15) is 0 Å². The number of benzene rings is 1. The summed E-state index contributed by atoms with van der Waals surface area (Å²) in [4.78, 5) is 0. The van der Waals surface area contributed by atoms with Gasteiger partial charge in [0.05, 0.1) is 6.04 Å². The van der Waals surface area contributed by atoms with Gasteiger partial charge in [-0.3, -0.25) is 0 Å². The van der Waals surface area contributed by atoms with Crippen molar-refractivity contribution in [3.8, 4) is 11.4 Å². The van der Waals surface area contributed by atoms with E-state index in [9.17, 15) is 4.39 Å². The molecule has 0 bridgehead atoms. The molecule has 0 amide bonds. The lowest BCUT2D eigenvalue weighted by Gasteiger charge is -2.22. The molecule has 5 nitrogen and oxygen atoms in total. The lowest BCUT2D eigenvalue weighted by atomic mass is 9.95. The Morgan fingerprint density at radius 1 is 1.25 bits per heavy atom. The molecular weight excluding hydrogens is 257 g/mol. The van der Waals surface area contributed by atoms with Gasteiger partial charge in [-0.05, 0) is 41.5 Å². The number of tetrazole rings is 1. The molecule has 1 unspecified atom stereocenters. The van der Waals surface area contributed by atoms with Crippen LogP contribution in [0.25, 0.3) is 11.4 Å². The van der Waals surface area contributed by atoms with Crippen molar-refractivity contribution in [2.24, 2.45) is 5.92 Å². The van der Waals surface area contributed by atoms with E-state index in [0.29, 0.717) is 23.0 Å². The molecular formula is C14H20FN5. The molecule has 0 aliphatic heterocycles. The molecule has 2 aromatic rings. The van der Waals surface area contributed by atoms with Crippen molar-refractivity contribution in [1.82, 2.24) is 20.2 Å². The molecule has 0 aliphatic carbocycles. The fraction of sp³-hybridized carbons (Fsp3) is 0.500. The summed E-state index contributed by atoms with van der Waals surface area (Å²) in [6.07, 6.45) is 2.09. The second-order valence-corrected chi connectivity index (χ2v) is 5.04. The van der Waals surface area contributed by atoms with Crippen LogP contribution in [-0.2, 0) is 0 Å². The van der Waals surface area contributed by atoms with E-state index in [-0.39, 0.29) is 11.9 Å². The number of aromatic nitrogens is 4. The first-order valence-electron chi connectivity index (χ1n) is 6.91. The van der Waals surface area contributed by atoms with E-state index in [1.807, 2.05) is 0 Å². The maximum absolute atomic E-state index is 13.5. The Hall–Kier alpha value is -1.98. The van der Waals surface area contributed by atoms with E-state index in [4.69, 9.17) is 5.73 Å². The van der Waals surface area contributed by atoms with Gasteiger partial charge in [0.15, 0.2) is 5.82 Å². The largest absolute Gasteiger partial charge is 0.399 e. The van der Waals surface area contributed by atoms with Crippen molar-refractivity contribution in [2.75, 3.05) is 5.73 Å². The molecule has 0 saturated heterocycles. The first-order valence-corrected chi connectivity index (χ1v) is 6.91. The monoisotopic (exact) mass is 277 g/mol. The highest BCUT2D eigenvalue weighted by atomic mass is 19.1. The van der Waals surface area contributed by atoms with E-state index in [1.54, 1.807) is 10.7 Å². The fourth-order valence-corrected chi connectivity index (χ4v) is 2.57. The first-order chi connectivity index (χ1) is 9.56. The minimum atomic E-state index is -0.385. The van der Waals surface area contributed by atoms with Gasteiger partial charge in [0, 0.05) is 11.3 Å². The summed E-state index contributed by atoms with van der Waals surface area (Å²) in [5.74, 6) is 0.642. The van der Waals surface area contributed by atoms with E-state index in [1.165, 1.54) is 12.1 Å². The van der Waals surface area contributed by atoms with Gasteiger partial charge in [0.2, 0.25) is 0 Å². The molecule has 20 heavy (non-hydrogen) atoms. The van der Waals surface area contributed by atoms with Crippen LogP contribution in [0, 0.1) is 11.7 Å². The summed E-state index contributed by atoms with van der Waals surface area (Å²) < 4.78 is 15.2. The van der Waals surface area contributed by atoms with Crippen molar-refractivity contribution in [1.29, 1.82) is 0 Å². The Bertz CT molecular complexity index is 556. The van der Waals surface area contributed by atoms with Crippen LogP contribution in [0.2, 0.25) is 0 Å². The first kappa shape index (κ1) is 14.4. The Morgan fingerprint density at radius 3 is 2.55 bits per heavy atom. The van der Waals surface area contributed by atoms with Crippen LogP contribution >= 0.6 is 0 Å². The number of halogens is 1. The lowest BCUT2D eigenvalue weighted by molar-refractivity contribution is 0.309. The predicted octanol–water partition coefficient (Wildman–Crippen LogP) is 3.06. The molecule has 2 rings (SSSR count). The Morgan fingerprint density at radius 2 is 1.95 bits per heavy atom. The summed E-state index contributed by atoms with van der Waals surface area (Å²) in [5, 5.41) is 11.8. The molecule has 0 spiro atoms. The standard InChI is InChI=1S/C14H20FN5/c1-4-10(5-2)9(3)20-14(17-18-19-20)11-6-12(15)8-13(16)7-11/h6-10H,4-5,16H2,1-3H3. The van der Waals surface area contributed by atoms with Crippen LogP contribution in [0.1, 0.15) is 39.7 Å². The lowest BCUT2D eigenvalue weighted by Crippen LogP contribution is -2.18. The zero-order valence-electron chi connectivity index (χ0n) is 12.0. The Kier molecular flexibility index (Phi) is 4.32.